The van der Waals surface area contributed by atoms with Crippen LogP contribution in [0, 0.1) is 17.8 Å². The lowest BCUT2D eigenvalue weighted by Crippen LogP contribution is -2.47. The summed E-state index contributed by atoms with van der Waals surface area (Å²) in [6.07, 6.45) is 2.33. The maximum Gasteiger partial charge on any atom is 0.299 e. The quantitative estimate of drug-likeness (QED) is 0.707. The average molecular weight is 254 g/mol. The molecule has 3 heteroatoms. The van der Waals surface area contributed by atoms with Crippen molar-refractivity contribution in [3.8, 4) is 11.8 Å². The number of piperidine rings is 1. The van der Waals surface area contributed by atoms with E-state index in [2.05, 4.69) is 17.2 Å². The molecule has 3 nitrogen and oxygen atoms in total. The van der Waals surface area contributed by atoms with Crippen LogP contribution in [0.5, 0.6) is 0 Å². The van der Waals surface area contributed by atoms with E-state index >= 15 is 0 Å². The zero-order valence-corrected chi connectivity index (χ0v) is 10.9. The normalized spacial score (nSPS) is 25.4. The predicted molar refractivity (Wildman–Crippen MR) is 74.4 cm³/mol. The van der Waals surface area contributed by atoms with Crippen LogP contribution in [0.25, 0.3) is 0 Å². The van der Waals surface area contributed by atoms with Gasteiger partial charge in [0.15, 0.2) is 0 Å². The minimum Gasteiger partial charge on any atom is -0.327 e. The van der Waals surface area contributed by atoms with Crippen LogP contribution in [0.3, 0.4) is 0 Å². The summed E-state index contributed by atoms with van der Waals surface area (Å²) in [5, 5.41) is 3.38. The molecule has 2 atom stereocenters. The first-order valence-corrected chi connectivity index (χ1v) is 6.93. The van der Waals surface area contributed by atoms with Gasteiger partial charge in [0, 0.05) is 37.2 Å². The number of hydrogen-bond acceptors (Lipinski definition) is 2. The zero-order chi connectivity index (χ0) is 13.1. The predicted octanol–water partition coefficient (Wildman–Crippen LogP) is 1.25. The van der Waals surface area contributed by atoms with Crippen LogP contribution >= 0.6 is 0 Å². The van der Waals surface area contributed by atoms with E-state index < -0.39 is 0 Å². The van der Waals surface area contributed by atoms with Crippen LogP contribution in [0.15, 0.2) is 30.3 Å². The van der Waals surface area contributed by atoms with Gasteiger partial charge < -0.3 is 10.2 Å². The van der Waals surface area contributed by atoms with E-state index in [1.54, 1.807) is 0 Å². The molecule has 0 saturated carbocycles. The molecule has 3 rings (SSSR count). The van der Waals surface area contributed by atoms with Gasteiger partial charge in [0.25, 0.3) is 5.91 Å². The number of carbonyl (C=O) groups excluding carboxylic acids is 1. The van der Waals surface area contributed by atoms with Crippen molar-refractivity contribution in [3.63, 3.8) is 0 Å². The standard InChI is InChI=1S/C16H18N2O/c19-16(9-8-13-5-2-1-3-6-13)18-10-4-7-14-11-17-12-15(14)18/h1-3,5-6,14-15,17H,4,7,10-12H2. The van der Waals surface area contributed by atoms with Gasteiger partial charge in [-0.15, -0.1) is 0 Å². The van der Waals surface area contributed by atoms with Crippen molar-refractivity contribution in [2.45, 2.75) is 18.9 Å². The van der Waals surface area contributed by atoms with Gasteiger partial charge in [0.1, 0.15) is 0 Å². The fourth-order valence-electron chi connectivity index (χ4n) is 3.04. The minimum atomic E-state index is -0.0257. The Morgan fingerprint density at radius 1 is 1.26 bits per heavy atom. The van der Waals surface area contributed by atoms with Crippen molar-refractivity contribution in [1.82, 2.24) is 10.2 Å². The van der Waals surface area contributed by atoms with Crippen molar-refractivity contribution >= 4 is 5.91 Å². The molecule has 0 spiro atoms. The first-order chi connectivity index (χ1) is 9.34. The highest BCUT2D eigenvalue weighted by Gasteiger charge is 2.36. The van der Waals surface area contributed by atoms with Gasteiger partial charge in [-0.3, -0.25) is 4.79 Å². The Bertz CT molecular complexity index is 515. The van der Waals surface area contributed by atoms with Crippen LogP contribution in [0.2, 0.25) is 0 Å². The van der Waals surface area contributed by atoms with Gasteiger partial charge in [-0.1, -0.05) is 24.1 Å². The van der Waals surface area contributed by atoms with Crippen LogP contribution in [-0.4, -0.2) is 36.5 Å². The first-order valence-electron chi connectivity index (χ1n) is 6.93. The maximum atomic E-state index is 12.2. The van der Waals surface area contributed by atoms with E-state index in [-0.39, 0.29) is 5.91 Å². The average Bonchev–Trinajstić information content (AvgIpc) is 2.94. The molecule has 1 aromatic rings. The second kappa shape index (κ2) is 5.46. The molecule has 2 heterocycles. The molecular formula is C16H18N2O. The van der Waals surface area contributed by atoms with Crippen molar-refractivity contribution in [2.75, 3.05) is 19.6 Å². The Kier molecular flexibility index (Phi) is 3.52. The molecule has 2 unspecified atom stereocenters. The molecule has 0 radical (unpaired) electrons. The lowest BCUT2D eigenvalue weighted by Gasteiger charge is -2.35. The second-order valence-corrected chi connectivity index (χ2v) is 5.24. The molecule has 19 heavy (non-hydrogen) atoms. The Balaban J connectivity index is 1.72. The smallest absolute Gasteiger partial charge is 0.299 e. The summed E-state index contributed by atoms with van der Waals surface area (Å²) in [6, 6.07) is 10.0. The molecule has 1 aromatic carbocycles. The van der Waals surface area contributed by atoms with Crippen LogP contribution in [0.1, 0.15) is 18.4 Å². The highest BCUT2D eigenvalue weighted by Crippen LogP contribution is 2.26. The fraction of sp³-hybridized carbons (Fsp3) is 0.438. The summed E-state index contributed by atoms with van der Waals surface area (Å²) in [6.45, 7) is 2.81. The summed E-state index contributed by atoms with van der Waals surface area (Å²) in [7, 11) is 0. The molecular weight excluding hydrogens is 236 g/mol. The summed E-state index contributed by atoms with van der Waals surface area (Å²) in [5.74, 6) is 6.35. The lowest BCUT2D eigenvalue weighted by atomic mass is 9.92. The van der Waals surface area contributed by atoms with E-state index in [1.165, 1.54) is 6.42 Å². The number of carbonyl (C=O) groups is 1. The molecule has 2 saturated heterocycles. The van der Waals surface area contributed by atoms with Crippen LogP contribution in [0.4, 0.5) is 0 Å². The number of nitrogens with zero attached hydrogens (tertiary/aromatic N) is 1. The molecule has 0 aliphatic carbocycles. The van der Waals surface area contributed by atoms with E-state index in [1.807, 2.05) is 35.2 Å². The van der Waals surface area contributed by atoms with Crippen LogP contribution < -0.4 is 5.32 Å². The van der Waals surface area contributed by atoms with Gasteiger partial charge in [0.2, 0.25) is 0 Å². The second-order valence-electron chi connectivity index (χ2n) is 5.24. The number of amides is 1. The van der Waals surface area contributed by atoms with E-state index in [9.17, 15) is 4.79 Å². The van der Waals surface area contributed by atoms with Crippen molar-refractivity contribution < 1.29 is 4.79 Å². The van der Waals surface area contributed by atoms with Gasteiger partial charge in [0.05, 0.1) is 0 Å². The SMILES string of the molecule is O=C(C#Cc1ccccc1)N1CCCC2CNCC21. The highest BCUT2D eigenvalue weighted by molar-refractivity contribution is 5.94. The summed E-state index contributed by atoms with van der Waals surface area (Å²) in [4.78, 5) is 14.2. The molecule has 1 amide bonds. The van der Waals surface area contributed by atoms with Gasteiger partial charge in [-0.2, -0.15) is 0 Å². The molecule has 0 bridgehead atoms. The largest absolute Gasteiger partial charge is 0.327 e. The van der Waals surface area contributed by atoms with E-state index in [4.69, 9.17) is 0 Å². The van der Waals surface area contributed by atoms with Crippen molar-refractivity contribution in [3.05, 3.63) is 35.9 Å². The molecule has 98 valence electrons. The Hall–Kier alpha value is -1.79. The molecule has 2 aliphatic rings. The monoisotopic (exact) mass is 254 g/mol. The minimum absolute atomic E-state index is 0.0257. The number of nitrogens with one attached hydrogen (secondary N) is 1. The molecule has 2 aliphatic heterocycles. The first kappa shape index (κ1) is 12.3. The summed E-state index contributed by atoms with van der Waals surface area (Å²) in [5.41, 5.74) is 0.897. The third-order valence-electron chi connectivity index (χ3n) is 4.03. The Morgan fingerprint density at radius 2 is 2.11 bits per heavy atom. The van der Waals surface area contributed by atoms with Crippen LogP contribution in [-0.2, 0) is 4.79 Å². The number of benzene rings is 1. The maximum absolute atomic E-state index is 12.2. The number of likely N-dealkylation sites (tertiary alicyclic amines) is 1. The number of rotatable bonds is 0. The summed E-state index contributed by atoms with van der Waals surface area (Å²) < 4.78 is 0. The van der Waals surface area contributed by atoms with E-state index in [0.717, 1.165) is 31.6 Å². The highest BCUT2D eigenvalue weighted by atomic mass is 16.2. The topological polar surface area (TPSA) is 32.3 Å². The van der Waals surface area contributed by atoms with Gasteiger partial charge in [-0.25, -0.2) is 0 Å². The third kappa shape index (κ3) is 2.64. The summed E-state index contributed by atoms with van der Waals surface area (Å²) >= 11 is 0. The lowest BCUT2D eigenvalue weighted by molar-refractivity contribution is -0.129. The Labute approximate surface area is 114 Å². The van der Waals surface area contributed by atoms with E-state index in [0.29, 0.717) is 12.0 Å². The van der Waals surface area contributed by atoms with Crippen molar-refractivity contribution in [1.29, 1.82) is 0 Å². The Morgan fingerprint density at radius 3 is 2.95 bits per heavy atom. The fourth-order valence-corrected chi connectivity index (χ4v) is 3.04. The molecule has 2 fully saturated rings. The number of hydrogen-bond donors (Lipinski definition) is 1. The van der Waals surface area contributed by atoms with Gasteiger partial charge >= 0.3 is 0 Å². The zero-order valence-electron chi connectivity index (χ0n) is 10.9. The van der Waals surface area contributed by atoms with Gasteiger partial charge in [-0.05, 0) is 30.9 Å². The molecule has 1 N–H and O–H groups in total. The number of fused-ring (bicyclic) bond motifs is 1. The molecule has 0 aromatic heterocycles. The van der Waals surface area contributed by atoms with Crippen molar-refractivity contribution in [2.24, 2.45) is 5.92 Å². The third-order valence-corrected chi connectivity index (χ3v) is 4.03.